The Morgan fingerprint density at radius 1 is 1.38 bits per heavy atom. The van der Waals surface area contributed by atoms with Crippen LogP contribution < -0.4 is 5.32 Å². The largest absolute Gasteiger partial charge is 0.355 e. The van der Waals surface area contributed by atoms with E-state index in [1.165, 1.54) is 30.4 Å². The van der Waals surface area contributed by atoms with Crippen LogP contribution in [0.15, 0.2) is 36.5 Å². The Bertz CT molecular complexity index is 664. The maximum atomic E-state index is 11.9. The van der Waals surface area contributed by atoms with Crippen LogP contribution in [0.25, 0.3) is 0 Å². The van der Waals surface area contributed by atoms with Gasteiger partial charge in [0.15, 0.2) is 0 Å². The predicted molar refractivity (Wildman–Crippen MR) is 79.8 cm³/mol. The molecule has 2 aliphatic carbocycles. The topological polar surface area (TPSA) is 57.8 Å². The van der Waals surface area contributed by atoms with Gasteiger partial charge in [-0.05, 0) is 42.4 Å². The number of aromatic amines is 1. The third-order valence-electron chi connectivity index (χ3n) is 5.08. The van der Waals surface area contributed by atoms with Crippen molar-refractivity contribution in [2.75, 3.05) is 6.54 Å². The molecular weight excluding hydrogens is 262 g/mol. The van der Waals surface area contributed by atoms with Crippen LogP contribution in [0, 0.1) is 5.92 Å². The van der Waals surface area contributed by atoms with Crippen LogP contribution in [-0.4, -0.2) is 22.6 Å². The number of carbonyl (C=O) groups is 1. The van der Waals surface area contributed by atoms with Crippen molar-refractivity contribution in [2.24, 2.45) is 5.92 Å². The molecule has 1 aromatic heterocycles. The van der Waals surface area contributed by atoms with Crippen LogP contribution in [0.5, 0.6) is 0 Å². The standard InChI is InChI=1S/C17H19N3O/c21-16(9-14-6-8-19-20-14)18-11-13-10-17(13)7-5-12-3-1-2-4-15(12)17/h1-4,6,8,13H,5,7,9-11H2,(H,18,21)(H,19,20)/t13-,17-/m1/s1. The van der Waals surface area contributed by atoms with E-state index in [1.807, 2.05) is 6.07 Å². The molecule has 0 radical (unpaired) electrons. The Labute approximate surface area is 124 Å². The average Bonchev–Trinajstić information content (AvgIpc) is 2.83. The number of nitrogens with zero attached hydrogens (tertiary/aromatic N) is 1. The van der Waals surface area contributed by atoms with E-state index in [9.17, 15) is 4.79 Å². The van der Waals surface area contributed by atoms with E-state index >= 15 is 0 Å². The van der Waals surface area contributed by atoms with Gasteiger partial charge in [-0.15, -0.1) is 0 Å². The SMILES string of the molecule is O=C(Cc1ccn[nH]1)NC[C@H]1C[C@]12CCc1ccccc12. The van der Waals surface area contributed by atoms with Crippen molar-refractivity contribution in [3.63, 3.8) is 0 Å². The maximum absolute atomic E-state index is 11.9. The summed E-state index contributed by atoms with van der Waals surface area (Å²) in [4.78, 5) is 11.9. The van der Waals surface area contributed by atoms with Gasteiger partial charge in [0.25, 0.3) is 0 Å². The number of benzene rings is 1. The Morgan fingerprint density at radius 2 is 2.29 bits per heavy atom. The molecule has 4 rings (SSSR count). The summed E-state index contributed by atoms with van der Waals surface area (Å²) in [6.07, 6.45) is 5.71. The number of nitrogens with one attached hydrogen (secondary N) is 2. The number of carbonyl (C=O) groups excluding carboxylic acids is 1. The average molecular weight is 281 g/mol. The van der Waals surface area contributed by atoms with Crippen LogP contribution in [0.1, 0.15) is 29.7 Å². The summed E-state index contributed by atoms with van der Waals surface area (Å²) >= 11 is 0. The van der Waals surface area contributed by atoms with Gasteiger partial charge >= 0.3 is 0 Å². The van der Waals surface area contributed by atoms with E-state index in [0.29, 0.717) is 17.8 Å². The highest BCUT2D eigenvalue weighted by molar-refractivity contribution is 5.78. The van der Waals surface area contributed by atoms with E-state index in [2.05, 4.69) is 39.8 Å². The lowest BCUT2D eigenvalue weighted by molar-refractivity contribution is -0.120. The fourth-order valence-corrected chi connectivity index (χ4v) is 3.86. The summed E-state index contributed by atoms with van der Waals surface area (Å²) in [5, 5.41) is 9.76. The van der Waals surface area contributed by atoms with Gasteiger partial charge in [-0.1, -0.05) is 24.3 Å². The van der Waals surface area contributed by atoms with E-state index in [4.69, 9.17) is 0 Å². The Morgan fingerprint density at radius 3 is 3.14 bits per heavy atom. The first-order valence-electron chi connectivity index (χ1n) is 7.61. The summed E-state index contributed by atoms with van der Waals surface area (Å²) in [5.41, 5.74) is 4.25. The zero-order chi connectivity index (χ0) is 14.3. The third-order valence-corrected chi connectivity index (χ3v) is 5.08. The first-order valence-corrected chi connectivity index (χ1v) is 7.61. The summed E-state index contributed by atoms with van der Waals surface area (Å²) in [5.74, 6) is 0.680. The van der Waals surface area contributed by atoms with Gasteiger partial charge in [-0.2, -0.15) is 5.10 Å². The summed E-state index contributed by atoms with van der Waals surface area (Å²) < 4.78 is 0. The predicted octanol–water partition coefficient (Wildman–Crippen LogP) is 1.97. The van der Waals surface area contributed by atoms with Crippen LogP contribution in [0.2, 0.25) is 0 Å². The molecule has 21 heavy (non-hydrogen) atoms. The van der Waals surface area contributed by atoms with Gasteiger partial charge in [0.1, 0.15) is 0 Å². The molecule has 2 aromatic rings. The van der Waals surface area contributed by atoms with E-state index in [-0.39, 0.29) is 5.91 Å². The van der Waals surface area contributed by atoms with Gasteiger partial charge in [-0.3, -0.25) is 9.89 Å². The Hall–Kier alpha value is -2.10. The molecule has 4 nitrogen and oxygen atoms in total. The molecule has 1 fully saturated rings. The molecule has 2 aliphatic rings. The van der Waals surface area contributed by atoms with E-state index in [1.54, 1.807) is 6.20 Å². The van der Waals surface area contributed by atoms with Gasteiger partial charge in [-0.25, -0.2) is 0 Å². The van der Waals surface area contributed by atoms with Crippen molar-refractivity contribution in [3.8, 4) is 0 Å². The van der Waals surface area contributed by atoms with Gasteiger partial charge in [0.05, 0.1) is 6.42 Å². The molecule has 0 bridgehead atoms. The summed E-state index contributed by atoms with van der Waals surface area (Å²) in [6.45, 7) is 0.793. The number of hydrogen-bond donors (Lipinski definition) is 2. The number of H-pyrrole nitrogens is 1. The first-order chi connectivity index (χ1) is 10.3. The van der Waals surface area contributed by atoms with E-state index in [0.717, 1.165) is 12.2 Å². The molecule has 0 unspecified atom stereocenters. The lowest BCUT2D eigenvalue weighted by Crippen LogP contribution is -2.29. The molecule has 2 N–H and O–H groups in total. The van der Waals surface area contributed by atoms with Crippen molar-refractivity contribution < 1.29 is 4.79 Å². The minimum Gasteiger partial charge on any atom is -0.355 e. The van der Waals surface area contributed by atoms with Crippen LogP contribution in [0.4, 0.5) is 0 Å². The molecule has 2 atom stereocenters. The Balaban J connectivity index is 1.35. The number of hydrogen-bond acceptors (Lipinski definition) is 2. The minimum absolute atomic E-state index is 0.0765. The molecular formula is C17H19N3O. The van der Waals surface area contributed by atoms with Crippen molar-refractivity contribution >= 4 is 5.91 Å². The minimum atomic E-state index is 0.0765. The van der Waals surface area contributed by atoms with Gasteiger partial charge in [0, 0.05) is 23.9 Å². The molecule has 1 heterocycles. The summed E-state index contributed by atoms with van der Waals surface area (Å²) in [7, 11) is 0. The molecule has 1 amide bonds. The fraction of sp³-hybridized carbons (Fsp3) is 0.412. The zero-order valence-corrected chi connectivity index (χ0v) is 11.9. The number of aryl methyl sites for hydroxylation is 1. The number of fused-ring (bicyclic) bond motifs is 2. The number of aromatic nitrogens is 2. The van der Waals surface area contributed by atoms with Gasteiger partial charge in [0.2, 0.25) is 5.91 Å². The highest BCUT2D eigenvalue weighted by Crippen LogP contribution is 2.61. The van der Waals surface area contributed by atoms with Crippen molar-refractivity contribution in [2.45, 2.75) is 31.1 Å². The van der Waals surface area contributed by atoms with Crippen LogP contribution >= 0.6 is 0 Å². The zero-order valence-electron chi connectivity index (χ0n) is 11.9. The second kappa shape index (κ2) is 4.72. The van der Waals surface area contributed by atoms with Crippen LogP contribution in [0.3, 0.4) is 0 Å². The number of amides is 1. The van der Waals surface area contributed by atoms with E-state index < -0.39 is 0 Å². The maximum Gasteiger partial charge on any atom is 0.226 e. The van der Waals surface area contributed by atoms with Crippen molar-refractivity contribution in [1.29, 1.82) is 0 Å². The smallest absolute Gasteiger partial charge is 0.226 e. The van der Waals surface area contributed by atoms with Crippen LogP contribution in [-0.2, 0) is 23.1 Å². The second-order valence-corrected chi connectivity index (χ2v) is 6.28. The van der Waals surface area contributed by atoms with Gasteiger partial charge < -0.3 is 5.32 Å². The molecule has 1 saturated carbocycles. The monoisotopic (exact) mass is 281 g/mol. The lowest BCUT2D eigenvalue weighted by Gasteiger charge is -2.12. The number of rotatable bonds is 4. The highest BCUT2D eigenvalue weighted by atomic mass is 16.1. The Kier molecular flexibility index (Phi) is 2.84. The molecule has 4 heteroatoms. The third kappa shape index (κ3) is 2.15. The van der Waals surface area contributed by atoms with Crippen molar-refractivity contribution in [1.82, 2.24) is 15.5 Å². The molecule has 1 aromatic carbocycles. The quantitative estimate of drug-likeness (QED) is 0.900. The lowest BCUT2D eigenvalue weighted by atomic mass is 9.95. The summed E-state index contributed by atoms with van der Waals surface area (Å²) in [6, 6.07) is 10.6. The first kappa shape index (κ1) is 12.6. The second-order valence-electron chi connectivity index (χ2n) is 6.28. The normalized spacial score (nSPS) is 25.8. The molecule has 0 aliphatic heterocycles. The fourth-order valence-electron chi connectivity index (χ4n) is 3.86. The van der Waals surface area contributed by atoms with Crippen molar-refractivity contribution in [3.05, 3.63) is 53.3 Å². The molecule has 108 valence electrons. The molecule has 1 spiro atoms. The highest BCUT2D eigenvalue weighted by Gasteiger charge is 2.57. The molecule has 0 saturated heterocycles.